The second-order valence-electron chi connectivity index (χ2n) is 15.2. The Balaban J connectivity index is 0.841. The van der Waals surface area contributed by atoms with Gasteiger partial charge in [0.25, 0.3) is 11.5 Å². The number of nitrogens with two attached hydrogens (primary N) is 2. The number of aromatic nitrogens is 4. The summed E-state index contributed by atoms with van der Waals surface area (Å²) >= 11 is 0. The number of carboxylic acid groups (broad SMARTS) is 2. The van der Waals surface area contributed by atoms with Gasteiger partial charge >= 0.3 is 18.0 Å². The highest BCUT2D eigenvalue weighted by Crippen LogP contribution is 2.55. The molecule has 1 unspecified atom stereocenters. The van der Waals surface area contributed by atoms with Crippen LogP contribution in [0.15, 0.2) is 57.8 Å². The SMILES string of the molecule is CO[C@@]12[C@H](COC(N)=O)C3=C(C(=O)C(C)=C(NCCSSC[C@H](NC(=O)CC[C@@H](NC(=O)c4ccc(NCc5cnc6nc(N)[nH]c(=O)c6n5)cc4)C(=O)O)C(=O)O)C3=O)N1CC1N[C@@H]12. The number of carboxylic acids is 2. The van der Waals surface area contributed by atoms with E-state index in [1.807, 2.05) is 0 Å². The number of methoxy groups -OCH3 is 1. The van der Waals surface area contributed by atoms with Crippen molar-refractivity contribution in [3.8, 4) is 0 Å². The number of hydrogen-bond acceptors (Lipinski definition) is 20. The number of fused-ring (bicyclic) bond motifs is 5. The van der Waals surface area contributed by atoms with Crippen molar-refractivity contribution < 1.29 is 53.2 Å². The van der Waals surface area contributed by atoms with Crippen LogP contribution >= 0.6 is 21.6 Å². The molecule has 6 atom stereocenters. The molecule has 1 aliphatic carbocycles. The summed E-state index contributed by atoms with van der Waals surface area (Å²) in [5.74, 6) is -5.58. The lowest BCUT2D eigenvalue weighted by Crippen LogP contribution is -2.55. The van der Waals surface area contributed by atoms with E-state index in [9.17, 15) is 48.6 Å². The van der Waals surface area contributed by atoms with Crippen LogP contribution in [-0.4, -0.2) is 145 Å². The first-order valence-corrected chi connectivity index (χ1v) is 22.5. The van der Waals surface area contributed by atoms with Gasteiger partial charge in [-0.15, -0.1) is 0 Å². The number of H-pyrrole nitrogens is 1. The van der Waals surface area contributed by atoms with Crippen LogP contribution < -0.4 is 43.6 Å². The van der Waals surface area contributed by atoms with Crippen molar-refractivity contribution >= 4 is 85.8 Å². The fourth-order valence-electron chi connectivity index (χ4n) is 8.10. The lowest BCUT2D eigenvalue weighted by Gasteiger charge is -2.39. The third kappa shape index (κ3) is 9.55. The molecule has 5 heterocycles. The number of ketones is 2. The molecule has 7 rings (SSSR count). The maximum absolute atomic E-state index is 14.0. The molecule has 26 heteroatoms. The van der Waals surface area contributed by atoms with Crippen molar-refractivity contribution in [2.75, 3.05) is 49.4 Å². The second-order valence-corrected chi connectivity index (χ2v) is 17.9. The van der Waals surface area contributed by atoms with Crippen LogP contribution in [0.3, 0.4) is 0 Å². The molecule has 12 N–H and O–H groups in total. The summed E-state index contributed by atoms with van der Waals surface area (Å²) in [6.45, 7) is 2.07. The molecule has 65 heavy (non-hydrogen) atoms. The molecule has 0 bridgehead atoms. The number of primary amides is 1. The van der Waals surface area contributed by atoms with Crippen molar-refractivity contribution in [2.24, 2.45) is 11.7 Å². The lowest BCUT2D eigenvalue weighted by atomic mass is 9.82. The number of Topliss-reactive ketones (excluding diaryl/α,β-unsaturated/α-hetero) is 2. The summed E-state index contributed by atoms with van der Waals surface area (Å²) in [4.78, 5) is 118. The summed E-state index contributed by atoms with van der Waals surface area (Å²) < 4.78 is 11.1. The third-order valence-corrected chi connectivity index (χ3v) is 13.7. The first-order valence-electron chi connectivity index (χ1n) is 20.0. The topological polar surface area (TPSA) is 375 Å². The van der Waals surface area contributed by atoms with Gasteiger partial charge in [-0.25, -0.2) is 24.4 Å². The molecular weight excluding hydrogens is 893 g/mol. The van der Waals surface area contributed by atoms with Gasteiger partial charge in [0.05, 0.1) is 41.8 Å². The van der Waals surface area contributed by atoms with E-state index in [0.717, 1.165) is 10.8 Å². The van der Waals surface area contributed by atoms with Gasteiger partial charge in [0.1, 0.15) is 18.7 Å². The van der Waals surface area contributed by atoms with Gasteiger partial charge in [0, 0.05) is 66.6 Å². The molecule has 0 radical (unpaired) electrons. The summed E-state index contributed by atoms with van der Waals surface area (Å²) in [6.07, 6.45) is -0.345. The molecule has 3 aliphatic heterocycles. The van der Waals surface area contributed by atoms with E-state index in [1.165, 1.54) is 36.2 Å². The van der Waals surface area contributed by atoms with Crippen LogP contribution in [-0.2, 0) is 40.0 Å². The average molecular weight is 937 g/mol. The predicted octanol–water partition coefficient (Wildman–Crippen LogP) is -1.19. The molecule has 1 aromatic carbocycles. The number of ether oxygens (including phenoxy) is 2. The average Bonchev–Trinajstić information content (AvgIpc) is 3.88. The molecule has 0 saturated carbocycles. The molecule has 3 aromatic rings. The number of nitrogens with one attached hydrogen (secondary N) is 6. The smallest absolute Gasteiger partial charge is 0.404 e. The maximum Gasteiger partial charge on any atom is 0.404 e. The Morgan fingerprint density at radius 2 is 1.75 bits per heavy atom. The number of nitrogens with zero attached hydrogens (tertiary/aromatic N) is 4. The van der Waals surface area contributed by atoms with Crippen molar-refractivity contribution in [1.29, 1.82) is 0 Å². The highest BCUT2D eigenvalue weighted by molar-refractivity contribution is 8.76. The zero-order valence-corrected chi connectivity index (χ0v) is 36.3. The second kappa shape index (κ2) is 19.1. The molecule has 344 valence electrons. The van der Waals surface area contributed by atoms with E-state index in [0.29, 0.717) is 23.7 Å². The zero-order valence-electron chi connectivity index (χ0n) is 34.7. The molecular formula is C39H44N12O12S2. The quantitative estimate of drug-likeness (QED) is 0.0260. The Morgan fingerprint density at radius 3 is 2.45 bits per heavy atom. The van der Waals surface area contributed by atoms with Gasteiger partial charge in [-0.3, -0.25) is 29.0 Å². The number of carbonyl (C=O) groups is 7. The Labute approximate surface area is 375 Å². The summed E-state index contributed by atoms with van der Waals surface area (Å²) in [5, 5.41) is 33.7. The van der Waals surface area contributed by atoms with Crippen molar-refractivity contribution in [1.82, 2.24) is 46.1 Å². The fraction of sp³-hybridized carbons (Fsp3) is 0.410. The van der Waals surface area contributed by atoms with Crippen LogP contribution in [0.5, 0.6) is 0 Å². The number of anilines is 2. The number of aromatic amines is 1. The number of piperazine rings is 1. The van der Waals surface area contributed by atoms with E-state index >= 15 is 0 Å². The van der Waals surface area contributed by atoms with Crippen LogP contribution in [0.25, 0.3) is 11.2 Å². The molecule has 4 aliphatic rings. The maximum atomic E-state index is 14.0. The van der Waals surface area contributed by atoms with Crippen molar-refractivity contribution in [3.05, 3.63) is 74.6 Å². The highest BCUT2D eigenvalue weighted by Gasteiger charge is 2.72. The van der Waals surface area contributed by atoms with Crippen LogP contribution in [0.2, 0.25) is 0 Å². The number of carbonyl (C=O) groups excluding carboxylic acids is 5. The van der Waals surface area contributed by atoms with Crippen LogP contribution in [0, 0.1) is 5.92 Å². The molecule has 2 saturated heterocycles. The molecule has 24 nitrogen and oxygen atoms in total. The van der Waals surface area contributed by atoms with Gasteiger partial charge in [-0.05, 0) is 37.6 Å². The normalized spacial score (nSPS) is 21.6. The Kier molecular flexibility index (Phi) is 13.6. The number of hydrogen-bond donors (Lipinski definition) is 10. The first kappa shape index (κ1) is 46.2. The fourth-order valence-corrected chi connectivity index (χ4v) is 10.2. The summed E-state index contributed by atoms with van der Waals surface area (Å²) in [5.41, 5.74) is 11.1. The van der Waals surface area contributed by atoms with Gasteiger partial charge in [0.15, 0.2) is 16.9 Å². The summed E-state index contributed by atoms with van der Waals surface area (Å²) in [6, 6.07) is 3.10. The largest absolute Gasteiger partial charge is 0.480 e. The number of rotatable bonds is 21. The minimum atomic E-state index is -1.47. The third-order valence-electron chi connectivity index (χ3n) is 11.2. The van der Waals surface area contributed by atoms with E-state index in [4.69, 9.17) is 20.9 Å². The van der Waals surface area contributed by atoms with Gasteiger partial charge in [0.2, 0.25) is 23.4 Å². The minimum absolute atomic E-state index is 0.0161. The molecule has 2 fully saturated rings. The number of aliphatic carboxylic acids is 2. The highest BCUT2D eigenvalue weighted by atomic mass is 33.1. The number of allylic oxidation sites excluding steroid dienone is 2. The summed E-state index contributed by atoms with van der Waals surface area (Å²) in [7, 11) is 3.86. The minimum Gasteiger partial charge on any atom is -0.480 e. The Hall–Kier alpha value is -6.77. The van der Waals surface area contributed by atoms with Gasteiger partial charge in [-0.2, -0.15) is 4.98 Å². The van der Waals surface area contributed by atoms with Gasteiger partial charge in [-0.1, -0.05) is 21.6 Å². The number of benzene rings is 1. The Bertz CT molecular complexity index is 2590. The first-order chi connectivity index (χ1) is 31.0. The Morgan fingerprint density at radius 1 is 1.02 bits per heavy atom. The van der Waals surface area contributed by atoms with E-state index in [-0.39, 0.29) is 95.0 Å². The predicted molar refractivity (Wildman–Crippen MR) is 233 cm³/mol. The number of amides is 3. The van der Waals surface area contributed by atoms with E-state index in [1.54, 1.807) is 24.0 Å². The van der Waals surface area contributed by atoms with Gasteiger partial charge < -0.3 is 62.6 Å². The van der Waals surface area contributed by atoms with E-state index in [2.05, 4.69) is 46.5 Å². The monoisotopic (exact) mass is 936 g/mol. The lowest BCUT2D eigenvalue weighted by molar-refractivity contribution is -0.142. The standard InChI is InChI=1S/C39H44N12O12S2/c1-16-26(30(54)25-20(14-63-38(41)61)39(62-2)31-22(47-31)13-51(39)28(25)29(16)53)42-9-10-64-65-15-23(36(59)60)46-24(52)8-7-21(35(57)58)48-33(55)17-3-5-18(6-4-17)43-11-19-12-44-32-27(45-19)34(56)50-37(40)49-32/h3-6,12,20-23,31,42-43,47H,7-11,13-15H2,1-2H3,(H2,41,61)(H,46,52)(H,48,55)(H,57,58)(H,59,60)(H3,40,44,49,50,56)/t20-,21-,22?,23+,31+,39-/m1/s1. The van der Waals surface area contributed by atoms with Crippen molar-refractivity contribution in [3.63, 3.8) is 0 Å². The molecule has 0 spiro atoms. The van der Waals surface area contributed by atoms with Crippen LogP contribution in [0.1, 0.15) is 35.8 Å². The van der Waals surface area contributed by atoms with Crippen molar-refractivity contribution in [2.45, 2.75) is 56.2 Å². The zero-order chi connectivity index (χ0) is 46.7. The molecule has 2 aromatic heterocycles. The number of nitrogen functional groups attached to an aromatic ring is 1. The van der Waals surface area contributed by atoms with E-state index < -0.39 is 71.3 Å². The van der Waals surface area contributed by atoms with Crippen LogP contribution in [0.4, 0.5) is 16.4 Å². The molecule has 3 amide bonds.